The second-order valence-electron chi connectivity index (χ2n) is 6.16. The summed E-state index contributed by atoms with van der Waals surface area (Å²) in [5.74, 6) is 0.574. The molecule has 102 valence electrons. The molecule has 2 aromatic rings. The minimum atomic E-state index is 0.568. The van der Waals surface area contributed by atoms with Crippen LogP contribution in [0.25, 0.3) is 0 Å². The Balaban J connectivity index is 1.69. The highest BCUT2D eigenvalue weighted by atomic mass is 15.0. The Morgan fingerprint density at radius 3 is 2.15 bits per heavy atom. The van der Waals surface area contributed by atoms with E-state index in [1.54, 1.807) is 0 Å². The summed E-state index contributed by atoms with van der Waals surface area (Å²) in [6.45, 7) is 0. The van der Waals surface area contributed by atoms with Gasteiger partial charge in [-0.25, -0.2) is 0 Å². The van der Waals surface area contributed by atoms with Crippen molar-refractivity contribution in [1.29, 1.82) is 0 Å². The van der Waals surface area contributed by atoms with Crippen LogP contribution in [-0.2, 0) is 0 Å². The van der Waals surface area contributed by atoms with E-state index in [0.717, 1.165) is 6.04 Å². The lowest BCUT2D eigenvalue weighted by atomic mass is 9.77. The second kappa shape index (κ2) is 5.06. The number of fused-ring (bicyclic) bond motifs is 1. The highest BCUT2D eigenvalue weighted by Gasteiger charge is 2.31. The van der Waals surface area contributed by atoms with Crippen LogP contribution >= 0.6 is 0 Å². The Morgan fingerprint density at radius 1 is 0.700 bits per heavy atom. The van der Waals surface area contributed by atoms with Gasteiger partial charge in [0.15, 0.2) is 0 Å². The van der Waals surface area contributed by atoms with E-state index >= 15 is 0 Å². The van der Waals surface area contributed by atoms with Crippen molar-refractivity contribution in [1.82, 2.24) is 5.32 Å². The SMILES string of the molecule is c1ccc(C2CCC(NC3CC3)c3ccccc32)cc1. The van der Waals surface area contributed by atoms with Crippen LogP contribution in [-0.4, -0.2) is 6.04 Å². The fourth-order valence-corrected chi connectivity index (χ4v) is 3.53. The first kappa shape index (κ1) is 12.2. The number of hydrogen-bond acceptors (Lipinski definition) is 1. The summed E-state index contributed by atoms with van der Waals surface area (Å²) in [7, 11) is 0. The predicted molar refractivity (Wildman–Crippen MR) is 82.9 cm³/mol. The van der Waals surface area contributed by atoms with E-state index in [4.69, 9.17) is 0 Å². The van der Waals surface area contributed by atoms with E-state index in [0.29, 0.717) is 12.0 Å². The van der Waals surface area contributed by atoms with Crippen molar-refractivity contribution in [2.75, 3.05) is 0 Å². The minimum Gasteiger partial charge on any atom is -0.307 e. The zero-order valence-electron chi connectivity index (χ0n) is 11.8. The molecule has 2 aliphatic carbocycles. The maximum Gasteiger partial charge on any atom is 0.0325 e. The molecule has 0 spiro atoms. The Kier molecular flexibility index (Phi) is 3.08. The number of benzene rings is 2. The molecular weight excluding hydrogens is 242 g/mol. The van der Waals surface area contributed by atoms with Gasteiger partial charge in [0.1, 0.15) is 0 Å². The Morgan fingerprint density at radius 2 is 1.40 bits per heavy atom. The van der Waals surface area contributed by atoms with E-state index in [9.17, 15) is 0 Å². The first-order valence-corrected chi connectivity index (χ1v) is 7.81. The lowest BCUT2D eigenvalue weighted by Gasteiger charge is -2.32. The van der Waals surface area contributed by atoms with E-state index in [2.05, 4.69) is 59.9 Å². The fourth-order valence-electron chi connectivity index (χ4n) is 3.53. The van der Waals surface area contributed by atoms with Gasteiger partial charge < -0.3 is 5.32 Å². The molecule has 1 saturated carbocycles. The quantitative estimate of drug-likeness (QED) is 0.865. The third-order valence-corrected chi connectivity index (χ3v) is 4.71. The maximum atomic E-state index is 3.82. The summed E-state index contributed by atoms with van der Waals surface area (Å²) in [5.41, 5.74) is 4.52. The molecule has 0 amide bonds. The van der Waals surface area contributed by atoms with Crippen molar-refractivity contribution in [3.05, 3.63) is 71.3 Å². The molecule has 20 heavy (non-hydrogen) atoms. The van der Waals surface area contributed by atoms with Crippen molar-refractivity contribution in [3.63, 3.8) is 0 Å². The summed E-state index contributed by atoms with van der Waals surface area (Å²) in [5, 5.41) is 3.82. The average molecular weight is 263 g/mol. The van der Waals surface area contributed by atoms with Gasteiger partial charge in [-0.15, -0.1) is 0 Å². The van der Waals surface area contributed by atoms with Crippen LogP contribution in [0.5, 0.6) is 0 Å². The summed E-state index contributed by atoms with van der Waals surface area (Å²) < 4.78 is 0. The van der Waals surface area contributed by atoms with Crippen molar-refractivity contribution >= 4 is 0 Å². The van der Waals surface area contributed by atoms with E-state index in [1.807, 2.05) is 0 Å². The van der Waals surface area contributed by atoms with Gasteiger partial charge in [0, 0.05) is 18.0 Å². The molecular formula is C19H21N. The smallest absolute Gasteiger partial charge is 0.0325 e. The third-order valence-electron chi connectivity index (χ3n) is 4.71. The molecule has 2 aromatic carbocycles. The van der Waals surface area contributed by atoms with Crippen molar-refractivity contribution in [2.45, 2.75) is 43.7 Å². The molecule has 0 aliphatic heterocycles. The molecule has 1 N–H and O–H groups in total. The van der Waals surface area contributed by atoms with Crippen LogP contribution in [0.2, 0.25) is 0 Å². The molecule has 1 fully saturated rings. The van der Waals surface area contributed by atoms with Crippen molar-refractivity contribution in [3.8, 4) is 0 Å². The minimum absolute atomic E-state index is 0.568. The first-order valence-electron chi connectivity index (χ1n) is 7.81. The zero-order valence-corrected chi connectivity index (χ0v) is 11.8. The zero-order chi connectivity index (χ0) is 13.4. The highest BCUT2D eigenvalue weighted by Crippen LogP contribution is 2.42. The Bertz CT molecular complexity index is 586. The molecule has 0 saturated heterocycles. The highest BCUT2D eigenvalue weighted by molar-refractivity contribution is 5.41. The first-order chi connectivity index (χ1) is 9.92. The average Bonchev–Trinajstić information content (AvgIpc) is 3.33. The Hall–Kier alpha value is -1.60. The predicted octanol–water partition coefficient (Wildman–Crippen LogP) is 4.41. The van der Waals surface area contributed by atoms with Gasteiger partial charge in [0.25, 0.3) is 0 Å². The fraction of sp³-hybridized carbons (Fsp3) is 0.368. The summed E-state index contributed by atoms with van der Waals surface area (Å²) in [6, 6.07) is 21.3. The topological polar surface area (TPSA) is 12.0 Å². The number of rotatable bonds is 3. The van der Waals surface area contributed by atoms with Crippen molar-refractivity contribution in [2.24, 2.45) is 0 Å². The van der Waals surface area contributed by atoms with Gasteiger partial charge >= 0.3 is 0 Å². The van der Waals surface area contributed by atoms with Gasteiger partial charge in [-0.3, -0.25) is 0 Å². The monoisotopic (exact) mass is 263 g/mol. The molecule has 0 bridgehead atoms. The van der Waals surface area contributed by atoms with Crippen LogP contribution in [0.3, 0.4) is 0 Å². The summed E-state index contributed by atoms with van der Waals surface area (Å²) >= 11 is 0. The van der Waals surface area contributed by atoms with Crippen LogP contribution in [0, 0.1) is 0 Å². The standard InChI is InChI=1S/C19H21N/c1-2-6-14(7-3-1)16-12-13-19(20-15-10-11-15)18-9-5-4-8-17(16)18/h1-9,15-16,19-20H,10-13H2. The normalized spacial score (nSPS) is 25.2. The Labute approximate surface area is 121 Å². The van der Waals surface area contributed by atoms with E-state index in [1.165, 1.54) is 42.4 Å². The van der Waals surface area contributed by atoms with Gasteiger partial charge in [-0.2, -0.15) is 0 Å². The molecule has 0 heterocycles. The van der Waals surface area contributed by atoms with Crippen LogP contribution in [0.4, 0.5) is 0 Å². The molecule has 1 nitrogen and oxygen atoms in total. The largest absolute Gasteiger partial charge is 0.307 e. The summed E-state index contributed by atoms with van der Waals surface area (Å²) in [6.07, 6.45) is 5.24. The number of nitrogens with one attached hydrogen (secondary N) is 1. The van der Waals surface area contributed by atoms with Gasteiger partial charge in [0.05, 0.1) is 0 Å². The molecule has 0 radical (unpaired) electrons. The molecule has 2 atom stereocenters. The molecule has 2 aliphatic rings. The van der Waals surface area contributed by atoms with Crippen molar-refractivity contribution < 1.29 is 0 Å². The molecule has 0 aromatic heterocycles. The number of hydrogen-bond donors (Lipinski definition) is 1. The van der Waals surface area contributed by atoms with Crippen LogP contribution < -0.4 is 5.32 Å². The van der Waals surface area contributed by atoms with E-state index in [-0.39, 0.29) is 0 Å². The van der Waals surface area contributed by atoms with E-state index < -0.39 is 0 Å². The van der Waals surface area contributed by atoms with Gasteiger partial charge in [-0.05, 0) is 42.4 Å². The third kappa shape index (κ3) is 2.27. The lowest BCUT2D eigenvalue weighted by Crippen LogP contribution is -2.28. The van der Waals surface area contributed by atoms with Gasteiger partial charge in [0.2, 0.25) is 0 Å². The van der Waals surface area contributed by atoms with Gasteiger partial charge in [-0.1, -0.05) is 54.6 Å². The second-order valence-corrected chi connectivity index (χ2v) is 6.16. The molecule has 4 rings (SSSR count). The van der Waals surface area contributed by atoms with Crippen LogP contribution in [0.1, 0.15) is 54.3 Å². The molecule has 1 heteroatoms. The summed E-state index contributed by atoms with van der Waals surface area (Å²) in [4.78, 5) is 0. The lowest BCUT2D eigenvalue weighted by molar-refractivity contribution is 0.438. The maximum absolute atomic E-state index is 3.82. The molecule has 2 unspecified atom stereocenters. The van der Waals surface area contributed by atoms with Crippen LogP contribution in [0.15, 0.2) is 54.6 Å².